The Labute approximate surface area is 210 Å². The molecule has 0 unspecified atom stereocenters. The number of allylic oxidation sites excluding steroid dienone is 3. The lowest BCUT2D eigenvalue weighted by Gasteiger charge is -2.36. The molecule has 2 aromatic rings. The van der Waals surface area contributed by atoms with Gasteiger partial charge in [-0.1, -0.05) is 36.7 Å². The summed E-state index contributed by atoms with van der Waals surface area (Å²) < 4.78 is 16.4. The van der Waals surface area contributed by atoms with E-state index in [9.17, 15) is 9.59 Å². The van der Waals surface area contributed by atoms with Gasteiger partial charge in [-0.05, 0) is 61.1 Å². The third-order valence-electron chi connectivity index (χ3n) is 6.57. The van der Waals surface area contributed by atoms with Crippen molar-refractivity contribution in [3.05, 3.63) is 81.2 Å². The second-order valence-corrected chi connectivity index (χ2v) is 9.26. The van der Waals surface area contributed by atoms with Gasteiger partial charge in [0.25, 0.3) is 0 Å². The van der Waals surface area contributed by atoms with Gasteiger partial charge in [0.1, 0.15) is 0 Å². The molecule has 7 heteroatoms. The average molecular weight is 496 g/mol. The Balaban J connectivity index is 1.80. The first kappa shape index (κ1) is 24.9. The zero-order valence-electron chi connectivity index (χ0n) is 20.4. The summed E-state index contributed by atoms with van der Waals surface area (Å²) >= 11 is 6.07. The minimum atomic E-state index is -0.561. The van der Waals surface area contributed by atoms with Crippen molar-refractivity contribution in [2.24, 2.45) is 0 Å². The van der Waals surface area contributed by atoms with Gasteiger partial charge in [0.15, 0.2) is 17.3 Å². The Morgan fingerprint density at radius 2 is 1.71 bits per heavy atom. The normalized spacial score (nSPS) is 19.7. The molecule has 4 rings (SSSR count). The van der Waals surface area contributed by atoms with Crippen molar-refractivity contribution in [1.29, 1.82) is 0 Å². The minimum Gasteiger partial charge on any atom is -0.493 e. The van der Waals surface area contributed by atoms with Crippen LogP contribution in [0.4, 0.5) is 0 Å². The van der Waals surface area contributed by atoms with E-state index < -0.39 is 11.9 Å². The zero-order chi connectivity index (χ0) is 25.1. The molecule has 0 amide bonds. The van der Waals surface area contributed by atoms with Crippen LogP contribution in [0.1, 0.15) is 56.1 Å². The molecule has 0 spiro atoms. The number of benzene rings is 2. The molecule has 0 saturated heterocycles. The fourth-order valence-electron chi connectivity index (χ4n) is 4.92. The van der Waals surface area contributed by atoms with E-state index in [0.29, 0.717) is 59.2 Å². The highest BCUT2D eigenvalue weighted by Gasteiger charge is 2.41. The molecule has 6 nitrogen and oxygen atoms in total. The summed E-state index contributed by atoms with van der Waals surface area (Å²) in [7, 11) is 3.14. The topological polar surface area (TPSA) is 73.9 Å². The van der Waals surface area contributed by atoms with Crippen LogP contribution >= 0.6 is 11.6 Å². The molecule has 2 aromatic carbocycles. The van der Waals surface area contributed by atoms with Gasteiger partial charge in [-0.2, -0.15) is 0 Å². The number of nitrogens with one attached hydrogen (secondary N) is 1. The van der Waals surface area contributed by atoms with Crippen LogP contribution < -0.4 is 14.8 Å². The first-order chi connectivity index (χ1) is 16.9. The Bertz CT molecular complexity index is 1200. The van der Waals surface area contributed by atoms with Crippen LogP contribution in [0.2, 0.25) is 5.02 Å². The van der Waals surface area contributed by atoms with E-state index in [1.165, 1.54) is 0 Å². The van der Waals surface area contributed by atoms with Gasteiger partial charge in [-0.15, -0.1) is 0 Å². The van der Waals surface area contributed by atoms with E-state index >= 15 is 0 Å². The van der Waals surface area contributed by atoms with Crippen molar-refractivity contribution in [3.63, 3.8) is 0 Å². The molecule has 0 radical (unpaired) electrons. The highest BCUT2D eigenvalue weighted by atomic mass is 35.5. The molecule has 0 saturated carbocycles. The number of hydrogen-bond acceptors (Lipinski definition) is 6. The van der Waals surface area contributed by atoms with Crippen molar-refractivity contribution >= 4 is 23.4 Å². The third kappa shape index (κ3) is 4.94. The molecule has 35 heavy (non-hydrogen) atoms. The molecular weight excluding hydrogens is 466 g/mol. The van der Waals surface area contributed by atoms with E-state index in [0.717, 1.165) is 16.8 Å². The summed E-state index contributed by atoms with van der Waals surface area (Å²) in [4.78, 5) is 26.9. The van der Waals surface area contributed by atoms with Gasteiger partial charge in [0.05, 0.1) is 26.4 Å². The predicted molar refractivity (Wildman–Crippen MR) is 135 cm³/mol. The second-order valence-electron chi connectivity index (χ2n) is 8.82. The van der Waals surface area contributed by atoms with Gasteiger partial charge in [-0.3, -0.25) is 4.79 Å². The van der Waals surface area contributed by atoms with Crippen molar-refractivity contribution in [2.45, 2.75) is 44.9 Å². The van der Waals surface area contributed by atoms with E-state index in [1.807, 2.05) is 50.2 Å². The van der Waals surface area contributed by atoms with Crippen molar-refractivity contribution in [1.82, 2.24) is 5.32 Å². The first-order valence-electron chi connectivity index (χ1n) is 11.8. The van der Waals surface area contributed by atoms with Crippen LogP contribution in [0.15, 0.2) is 65.0 Å². The molecule has 1 N–H and O–H groups in total. The lowest BCUT2D eigenvalue weighted by Crippen LogP contribution is -2.36. The molecule has 184 valence electrons. The van der Waals surface area contributed by atoms with Crippen LogP contribution in [-0.4, -0.2) is 32.6 Å². The minimum absolute atomic E-state index is 0.00627. The summed E-state index contributed by atoms with van der Waals surface area (Å²) in [5, 5.41) is 4.03. The van der Waals surface area contributed by atoms with Crippen molar-refractivity contribution in [2.75, 3.05) is 20.8 Å². The van der Waals surface area contributed by atoms with Gasteiger partial charge in [-0.25, -0.2) is 4.79 Å². The van der Waals surface area contributed by atoms with Crippen LogP contribution in [0, 0.1) is 0 Å². The molecule has 1 aliphatic carbocycles. The van der Waals surface area contributed by atoms with Crippen molar-refractivity contribution in [3.8, 4) is 11.5 Å². The number of carbonyl (C=O) groups is 2. The number of halogens is 1. The number of Topliss-reactive ketones (excluding diaryl/α,β-unsaturated/α-hetero) is 1. The smallest absolute Gasteiger partial charge is 0.336 e. The fourth-order valence-corrected chi connectivity index (χ4v) is 5.04. The lowest BCUT2D eigenvalue weighted by molar-refractivity contribution is -0.139. The van der Waals surface area contributed by atoms with Crippen LogP contribution in [0.5, 0.6) is 11.5 Å². The number of ketones is 1. The number of ether oxygens (including phenoxy) is 3. The number of hydrogen-bond donors (Lipinski definition) is 1. The number of dihydropyridines is 1. The van der Waals surface area contributed by atoms with Crippen LogP contribution in [-0.2, 0) is 14.3 Å². The quantitative estimate of drug-likeness (QED) is 0.499. The Morgan fingerprint density at radius 3 is 2.37 bits per heavy atom. The van der Waals surface area contributed by atoms with Gasteiger partial charge < -0.3 is 19.5 Å². The standard InChI is InChI=1S/C28H30ClNO5/c1-5-12-35-28(32)25-16(2)30-21-13-19(17-6-9-20(29)10-7-17)14-22(31)27(21)26(25)18-8-11-23(33-3)24(15-18)34-4/h6-11,15,19,26,30H,5,12-14H2,1-4H3/t19-,26+/m0/s1. The first-order valence-corrected chi connectivity index (χ1v) is 12.1. The number of methoxy groups -OCH3 is 2. The van der Waals surface area contributed by atoms with E-state index in [1.54, 1.807) is 20.3 Å². The van der Waals surface area contributed by atoms with Crippen LogP contribution in [0.3, 0.4) is 0 Å². The predicted octanol–water partition coefficient (Wildman–Crippen LogP) is 5.67. The van der Waals surface area contributed by atoms with Gasteiger partial charge in [0.2, 0.25) is 0 Å². The molecular formula is C28H30ClNO5. The summed E-state index contributed by atoms with van der Waals surface area (Å²) in [6.45, 7) is 4.12. The fraction of sp³-hybridized carbons (Fsp3) is 0.357. The summed E-state index contributed by atoms with van der Waals surface area (Å²) in [5.74, 6) is 0.162. The zero-order valence-corrected chi connectivity index (χ0v) is 21.2. The molecule has 2 atom stereocenters. The molecule has 1 heterocycles. The maximum atomic E-state index is 13.7. The number of carbonyl (C=O) groups excluding carboxylic acids is 2. The van der Waals surface area contributed by atoms with E-state index in [4.69, 9.17) is 25.8 Å². The Hall–Kier alpha value is -3.25. The van der Waals surface area contributed by atoms with E-state index in [2.05, 4.69) is 5.32 Å². The molecule has 1 aliphatic heterocycles. The van der Waals surface area contributed by atoms with Crippen molar-refractivity contribution < 1.29 is 23.8 Å². The lowest BCUT2D eigenvalue weighted by atomic mass is 9.71. The second kappa shape index (κ2) is 10.6. The highest BCUT2D eigenvalue weighted by Crippen LogP contribution is 2.47. The largest absolute Gasteiger partial charge is 0.493 e. The molecule has 2 aliphatic rings. The van der Waals surface area contributed by atoms with E-state index in [-0.39, 0.29) is 11.7 Å². The summed E-state index contributed by atoms with van der Waals surface area (Å²) in [6.07, 6.45) is 1.71. The van der Waals surface area contributed by atoms with Gasteiger partial charge >= 0.3 is 5.97 Å². The SMILES string of the molecule is CCCOC(=O)C1=C(C)NC2=C(C(=O)C[C@@H](c3ccc(Cl)cc3)C2)[C@@H]1c1ccc(OC)c(OC)c1. The number of esters is 1. The van der Waals surface area contributed by atoms with Gasteiger partial charge in [0, 0.05) is 34.3 Å². The average Bonchev–Trinajstić information content (AvgIpc) is 2.86. The number of rotatable bonds is 7. The third-order valence-corrected chi connectivity index (χ3v) is 6.82. The highest BCUT2D eigenvalue weighted by molar-refractivity contribution is 6.30. The molecule has 0 aromatic heterocycles. The maximum absolute atomic E-state index is 13.7. The molecule has 0 bridgehead atoms. The molecule has 0 fully saturated rings. The Morgan fingerprint density at radius 1 is 1.03 bits per heavy atom. The monoisotopic (exact) mass is 495 g/mol. The summed E-state index contributed by atoms with van der Waals surface area (Å²) in [5.41, 5.74) is 4.42. The summed E-state index contributed by atoms with van der Waals surface area (Å²) in [6, 6.07) is 13.1. The van der Waals surface area contributed by atoms with Crippen LogP contribution in [0.25, 0.3) is 0 Å². The Kier molecular flexibility index (Phi) is 7.51. The maximum Gasteiger partial charge on any atom is 0.336 e.